The van der Waals surface area contributed by atoms with Crippen molar-refractivity contribution in [3.8, 4) is 0 Å². The standard InChI is InChI=1S/C12H10Br2OS2/c13-7-5-10(17-12(7)14)11(15)9-4-6-2-1-3-8(6)16-9/h4-5,11,15H,1-3H2. The highest BCUT2D eigenvalue weighted by Gasteiger charge is 2.21. The van der Waals surface area contributed by atoms with Crippen molar-refractivity contribution >= 4 is 54.5 Å². The fourth-order valence-corrected chi connectivity index (χ4v) is 5.56. The molecule has 1 unspecified atom stereocenters. The maximum Gasteiger partial charge on any atom is 0.122 e. The van der Waals surface area contributed by atoms with Crippen LogP contribution in [0, 0.1) is 0 Å². The molecule has 1 N–H and O–H groups in total. The van der Waals surface area contributed by atoms with Gasteiger partial charge in [0.1, 0.15) is 6.10 Å². The summed E-state index contributed by atoms with van der Waals surface area (Å²) < 4.78 is 2.05. The number of rotatable bonds is 2. The molecule has 1 aliphatic rings. The lowest BCUT2D eigenvalue weighted by atomic mass is 10.2. The summed E-state index contributed by atoms with van der Waals surface area (Å²) in [5, 5.41) is 10.4. The van der Waals surface area contributed by atoms with E-state index in [0.717, 1.165) is 18.0 Å². The Morgan fingerprint density at radius 2 is 1.88 bits per heavy atom. The molecule has 3 rings (SSSR count). The second kappa shape index (κ2) is 4.78. The van der Waals surface area contributed by atoms with Gasteiger partial charge >= 0.3 is 0 Å². The average molecular weight is 394 g/mol. The fraction of sp³-hybridized carbons (Fsp3) is 0.333. The van der Waals surface area contributed by atoms with E-state index < -0.39 is 6.10 Å². The third-order valence-electron chi connectivity index (χ3n) is 2.97. The molecule has 0 amide bonds. The van der Waals surface area contributed by atoms with Crippen molar-refractivity contribution < 1.29 is 5.11 Å². The zero-order valence-electron chi connectivity index (χ0n) is 8.87. The normalized spacial score (nSPS) is 16.2. The number of aliphatic hydroxyl groups excluding tert-OH is 1. The topological polar surface area (TPSA) is 20.2 Å². The summed E-state index contributed by atoms with van der Waals surface area (Å²) in [6, 6.07) is 4.17. The Balaban J connectivity index is 1.92. The molecule has 90 valence electrons. The molecule has 2 heterocycles. The molecule has 0 bridgehead atoms. The second-order valence-corrected chi connectivity index (χ2v) is 8.55. The Bertz CT molecular complexity index is 518. The van der Waals surface area contributed by atoms with E-state index in [0.29, 0.717) is 0 Å². The first-order chi connectivity index (χ1) is 8.15. The van der Waals surface area contributed by atoms with Gasteiger partial charge in [0.15, 0.2) is 0 Å². The zero-order chi connectivity index (χ0) is 12.0. The average Bonchev–Trinajstić information content (AvgIpc) is 2.92. The summed E-state index contributed by atoms with van der Waals surface area (Å²) in [4.78, 5) is 3.54. The van der Waals surface area contributed by atoms with E-state index in [9.17, 15) is 5.11 Å². The molecule has 17 heavy (non-hydrogen) atoms. The van der Waals surface area contributed by atoms with Crippen molar-refractivity contribution in [3.63, 3.8) is 0 Å². The lowest BCUT2D eigenvalue weighted by Crippen LogP contribution is -1.93. The number of fused-ring (bicyclic) bond motifs is 1. The van der Waals surface area contributed by atoms with Gasteiger partial charge < -0.3 is 5.11 Å². The summed E-state index contributed by atoms with van der Waals surface area (Å²) in [6.45, 7) is 0. The fourth-order valence-electron chi connectivity index (χ4n) is 2.13. The molecule has 0 saturated heterocycles. The van der Waals surface area contributed by atoms with Crippen molar-refractivity contribution in [1.82, 2.24) is 0 Å². The van der Waals surface area contributed by atoms with Gasteiger partial charge in [-0.2, -0.15) is 0 Å². The summed E-state index contributed by atoms with van der Waals surface area (Å²) in [6.07, 6.45) is 3.16. The van der Waals surface area contributed by atoms with E-state index in [1.165, 1.54) is 29.7 Å². The second-order valence-electron chi connectivity index (χ2n) is 4.12. The quantitative estimate of drug-likeness (QED) is 0.768. The van der Waals surface area contributed by atoms with Crippen LogP contribution in [-0.4, -0.2) is 5.11 Å². The Morgan fingerprint density at radius 3 is 2.53 bits per heavy atom. The first-order valence-electron chi connectivity index (χ1n) is 5.39. The highest BCUT2D eigenvalue weighted by atomic mass is 79.9. The lowest BCUT2D eigenvalue weighted by molar-refractivity contribution is 0.228. The van der Waals surface area contributed by atoms with Gasteiger partial charge in [-0.3, -0.25) is 0 Å². The SMILES string of the molecule is OC(c1cc(Br)c(Br)s1)c1cc2c(s1)CCC2. The van der Waals surface area contributed by atoms with Gasteiger partial charge in [-0.05, 0) is 68.8 Å². The largest absolute Gasteiger partial charge is 0.382 e. The molecule has 5 heteroatoms. The van der Waals surface area contributed by atoms with E-state index in [1.54, 1.807) is 22.7 Å². The van der Waals surface area contributed by atoms with Crippen molar-refractivity contribution in [3.05, 3.63) is 40.6 Å². The van der Waals surface area contributed by atoms with Crippen LogP contribution in [0.15, 0.2) is 20.4 Å². The van der Waals surface area contributed by atoms with Crippen molar-refractivity contribution in [1.29, 1.82) is 0 Å². The predicted octanol–water partition coefficient (Wildman–Crippen LogP) is 4.91. The van der Waals surface area contributed by atoms with Crippen LogP contribution in [0.1, 0.15) is 32.7 Å². The maximum atomic E-state index is 10.4. The minimum atomic E-state index is -0.474. The van der Waals surface area contributed by atoms with Gasteiger partial charge in [-0.15, -0.1) is 22.7 Å². The van der Waals surface area contributed by atoms with E-state index in [1.807, 2.05) is 6.07 Å². The third kappa shape index (κ3) is 2.28. The van der Waals surface area contributed by atoms with Crippen LogP contribution < -0.4 is 0 Å². The molecular formula is C12H10Br2OS2. The first kappa shape index (κ1) is 12.4. The number of aliphatic hydroxyl groups is 1. The molecule has 1 nitrogen and oxygen atoms in total. The van der Waals surface area contributed by atoms with Crippen LogP contribution in [0.25, 0.3) is 0 Å². The van der Waals surface area contributed by atoms with Gasteiger partial charge in [0.2, 0.25) is 0 Å². The molecule has 0 radical (unpaired) electrons. The zero-order valence-corrected chi connectivity index (χ0v) is 13.7. The van der Waals surface area contributed by atoms with Gasteiger partial charge in [0.05, 0.1) is 3.79 Å². The summed E-state index contributed by atoms with van der Waals surface area (Å²) in [7, 11) is 0. The van der Waals surface area contributed by atoms with E-state index in [4.69, 9.17) is 0 Å². The molecule has 1 aliphatic carbocycles. The maximum absolute atomic E-state index is 10.4. The van der Waals surface area contributed by atoms with Crippen molar-refractivity contribution in [2.45, 2.75) is 25.4 Å². The minimum Gasteiger partial charge on any atom is -0.382 e. The molecule has 0 fully saturated rings. The van der Waals surface area contributed by atoms with Crippen LogP contribution in [0.4, 0.5) is 0 Å². The molecule has 0 aliphatic heterocycles. The smallest absolute Gasteiger partial charge is 0.122 e. The number of halogens is 2. The Hall–Kier alpha value is 0.320. The van der Waals surface area contributed by atoms with Gasteiger partial charge in [0.25, 0.3) is 0 Å². The van der Waals surface area contributed by atoms with Crippen LogP contribution in [0.5, 0.6) is 0 Å². The lowest BCUT2D eigenvalue weighted by Gasteiger charge is -2.05. The minimum absolute atomic E-state index is 0.474. The molecule has 1 atom stereocenters. The van der Waals surface area contributed by atoms with Crippen LogP contribution in [-0.2, 0) is 12.8 Å². The predicted molar refractivity (Wildman–Crippen MR) is 80.1 cm³/mol. The number of aryl methyl sites for hydroxylation is 2. The van der Waals surface area contributed by atoms with Crippen molar-refractivity contribution in [2.24, 2.45) is 0 Å². The highest BCUT2D eigenvalue weighted by Crippen LogP contribution is 2.41. The van der Waals surface area contributed by atoms with Crippen LogP contribution >= 0.6 is 54.5 Å². The summed E-state index contributed by atoms with van der Waals surface area (Å²) in [5.74, 6) is 0. The molecule has 2 aromatic rings. The number of hydrogen-bond donors (Lipinski definition) is 1. The van der Waals surface area contributed by atoms with Crippen LogP contribution in [0.3, 0.4) is 0 Å². The summed E-state index contributed by atoms with van der Waals surface area (Å²) >= 11 is 10.3. The Kier molecular flexibility index (Phi) is 3.47. The summed E-state index contributed by atoms with van der Waals surface area (Å²) in [5.41, 5.74) is 1.44. The Labute approximate surface area is 125 Å². The molecular weight excluding hydrogens is 384 g/mol. The number of hydrogen-bond acceptors (Lipinski definition) is 3. The molecule has 0 aromatic carbocycles. The van der Waals surface area contributed by atoms with Crippen LogP contribution in [0.2, 0.25) is 0 Å². The number of thiophene rings is 2. The van der Waals surface area contributed by atoms with E-state index in [2.05, 4.69) is 37.9 Å². The van der Waals surface area contributed by atoms with E-state index in [-0.39, 0.29) is 0 Å². The van der Waals surface area contributed by atoms with Crippen molar-refractivity contribution in [2.75, 3.05) is 0 Å². The molecule has 2 aromatic heterocycles. The molecule has 0 spiro atoms. The van der Waals surface area contributed by atoms with Gasteiger partial charge in [-0.25, -0.2) is 0 Å². The monoisotopic (exact) mass is 392 g/mol. The first-order valence-corrected chi connectivity index (χ1v) is 8.61. The third-order valence-corrected chi connectivity index (χ3v) is 7.57. The van der Waals surface area contributed by atoms with E-state index >= 15 is 0 Å². The van der Waals surface area contributed by atoms with Gasteiger partial charge in [-0.1, -0.05) is 0 Å². The highest BCUT2D eigenvalue weighted by molar-refractivity contribution is 9.13. The van der Waals surface area contributed by atoms with Gasteiger partial charge in [0, 0.05) is 19.1 Å². The Morgan fingerprint density at radius 1 is 1.12 bits per heavy atom. The molecule has 0 saturated carbocycles.